The molecule has 1 saturated heterocycles. The first-order chi connectivity index (χ1) is 12.6. The molecule has 1 atom stereocenters. The van der Waals surface area contributed by atoms with Crippen molar-refractivity contribution in [1.29, 1.82) is 0 Å². The third kappa shape index (κ3) is 6.08. The van der Waals surface area contributed by atoms with Crippen molar-refractivity contribution >= 4 is 5.78 Å². The molecule has 3 rings (SSSR count). The molecule has 4 heteroatoms. The molecule has 0 bridgehead atoms. The SMILES string of the molecule is CC(C)COc1ccc(C(=O)C(C[NH+]2CCCC2)c2ccccc2)cc1.[Cl-]. The summed E-state index contributed by atoms with van der Waals surface area (Å²) in [6, 6.07) is 17.9. The lowest BCUT2D eigenvalue weighted by molar-refractivity contribution is -0.887. The van der Waals surface area contributed by atoms with Crippen LogP contribution < -0.4 is 22.0 Å². The highest BCUT2D eigenvalue weighted by atomic mass is 35.5. The minimum atomic E-state index is -0.0771. The molecule has 0 spiro atoms. The van der Waals surface area contributed by atoms with Crippen molar-refractivity contribution in [3.8, 4) is 5.75 Å². The Morgan fingerprint density at radius 3 is 2.22 bits per heavy atom. The second-order valence-corrected chi connectivity index (χ2v) is 7.72. The number of carbonyl (C=O) groups is 1. The van der Waals surface area contributed by atoms with Gasteiger partial charge in [-0.3, -0.25) is 4.79 Å². The molecule has 1 fully saturated rings. The number of hydrogen-bond donors (Lipinski definition) is 1. The molecule has 2 aromatic carbocycles. The highest BCUT2D eigenvalue weighted by molar-refractivity contribution is 6.01. The Balaban J connectivity index is 0.00000261. The van der Waals surface area contributed by atoms with E-state index in [9.17, 15) is 4.79 Å². The van der Waals surface area contributed by atoms with Crippen LogP contribution in [-0.2, 0) is 0 Å². The zero-order chi connectivity index (χ0) is 18.4. The summed E-state index contributed by atoms with van der Waals surface area (Å²) in [5.41, 5.74) is 1.89. The van der Waals surface area contributed by atoms with E-state index in [4.69, 9.17) is 4.74 Å². The fourth-order valence-electron chi connectivity index (χ4n) is 3.59. The second-order valence-electron chi connectivity index (χ2n) is 7.72. The van der Waals surface area contributed by atoms with Crippen molar-refractivity contribution in [2.45, 2.75) is 32.6 Å². The lowest BCUT2D eigenvalue weighted by Crippen LogP contribution is -3.10. The fraction of sp³-hybridized carbons (Fsp3) is 0.435. The predicted octanol–water partition coefficient (Wildman–Crippen LogP) is 0.371. The van der Waals surface area contributed by atoms with Crippen LogP contribution >= 0.6 is 0 Å². The van der Waals surface area contributed by atoms with E-state index in [0.29, 0.717) is 12.5 Å². The van der Waals surface area contributed by atoms with Crippen molar-refractivity contribution in [3.05, 3.63) is 65.7 Å². The molecule has 1 N–H and O–H groups in total. The van der Waals surface area contributed by atoms with E-state index in [2.05, 4.69) is 26.0 Å². The van der Waals surface area contributed by atoms with Crippen LogP contribution in [0.5, 0.6) is 5.75 Å². The Hall–Kier alpha value is -1.84. The van der Waals surface area contributed by atoms with Crippen LogP contribution in [-0.4, -0.2) is 32.0 Å². The Morgan fingerprint density at radius 2 is 1.63 bits per heavy atom. The van der Waals surface area contributed by atoms with Crippen LogP contribution in [0, 0.1) is 5.92 Å². The lowest BCUT2D eigenvalue weighted by Gasteiger charge is -2.21. The van der Waals surface area contributed by atoms with Crippen molar-refractivity contribution in [1.82, 2.24) is 0 Å². The molecule has 0 radical (unpaired) electrons. The molecule has 1 unspecified atom stereocenters. The number of benzene rings is 2. The number of carbonyl (C=O) groups excluding carboxylic acids is 1. The number of nitrogens with one attached hydrogen (secondary N) is 1. The number of Topliss-reactive ketones (excluding diaryl/α,β-unsaturated/α-hetero) is 1. The quantitative estimate of drug-likeness (QED) is 0.663. The standard InChI is InChI=1S/C23H29NO2.ClH/c1-18(2)17-26-21-12-10-20(11-13-21)23(25)22(16-24-14-6-7-15-24)19-8-4-3-5-9-19;/h3-5,8-13,18,22H,6-7,14-17H2,1-2H3;1H. The average molecular weight is 388 g/mol. The van der Waals surface area contributed by atoms with Gasteiger partial charge < -0.3 is 22.0 Å². The molecule has 0 amide bonds. The summed E-state index contributed by atoms with van der Waals surface area (Å²) < 4.78 is 5.74. The molecule has 1 aliphatic rings. The molecule has 1 aliphatic heterocycles. The second kappa shape index (κ2) is 10.5. The first-order valence-corrected chi connectivity index (χ1v) is 9.79. The van der Waals surface area contributed by atoms with Crippen LogP contribution in [0.3, 0.4) is 0 Å². The van der Waals surface area contributed by atoms with E-state index in [-0.39, 0.29) is 24.1 Å². The van der Waals surface area contributed by atoms with Gasteiger partial charge >= 0.3 is 0 Å². The first kappa shape index (κ1) is 21.5. The molecule has 2 aromatic rings. The van der Waals surface area contributed by atoms with Crippen molar-refractivity contribution in [2.24, 2.45) is 5.92 Å². The van der Waals surface area contributed by atoms with Gasteiger partial charge in [0.15, 0.2) is 5.78 Å². The van der Waals surface area contributed by atoms with E-state index in [1.165, 1.54) is 25.9 Å². The number of ketones is 1. The van der Waals surface area contributed by atoms with Gasteiger partial charge in [0.1, 0.15) is 5.75 Å². The number of rotatable bonds is 8. The van der Waals surface area contributed by atoms with Gasteiger partial charge in [-0.05, 0) is 35.7 Å². The highest BCUT2D eigenvalue weighted by Crippen LogP contribution is 2.22. The normalized spacial score (nSPS) is 15.4. The summed E-state index contributed by atoms with van der Waals surface area (Å²) >= 11 is 0. The predicted molar refractivity (Wildman–Crippen MR) is 105 cm³/mol. The van der Waals surface area contributed by atoms with E-state index in [1.54, 1.807) is 4.90 Å². The van der Waals surface area contributed by atoms with Gasteiger partial charge in [0.2, 0.25) is 0 Å². The summed E-state index contributed by atoms with van der Waals surface area (Å²) in [4.78, 5) is 14.8. The molecule has 0 aliphatic carbocycles. The van der Waals surface area contributed by atoms with E-state index in [1.807, 2.05) is 42.5 Å². The number of likely N-dealkylation sites (tertiary alicyclic amines) is 1. The van der Waals surface area contributed by atoms with Crippen LogP contribution in [0.2, 0.25) is 0 Å². The van der Waals surface area contributed by atoms with E-state index >= 15 is 0 Å². The smallest absolute Gasteiger partial charge is 0.175 e. The maximum Gasteiger partial charge on any atom is 0.175 e. The van der Waals surface area contributed by atoms with E-state index in [0.717, 1.165) is 23.4 Å². The lowest BCUT2D eigenvalue weighted by atomic mass is 9.90. The van der Waals surface area contributed by atoms with Crippen molar-refractivity contribution in [3.63, 3.8) is 0 Å². The summed E-state index contributed by atoms with van der Waals surface area (Å²) in [5.74, 6) is 1.46. The third-order valence-electron chi connectivity index (χ3n) is 5.04. The van der Waals surface area contributed by atoms with Crippen LogP contribution in [0.25, 0.3) is 0 Å². The topological polar surface area (TPSA) is 30.7 Å². The minimum absolute atomic E-state index is 0. The largest absolute Gasteiger partial charge is 1.00 e. The zero-order valence-corrected chi connectivity index (χ0v) is 17.0. The number of halogens is 1. The van der Waals surface area contributed by atoms with E-state index < -0.39 is 0 Å². The van der Waals surface area contributed by atoms with Crippen LogP contribution in [0.15, 0.2) is 54.6 Å². The molecular formula is C23H30ClNO2. The molecule has 0 aromatic heterocycles. The summed E-state index contributed by atoms with van der Waals surface area (Å²) in [5, 5.41) is 0. The zero-order valence-electron chi connectivity index (χ0n) is 16.3. The van der Waals surface area contributed by atoms with Crippen LogP contribution in [0.4, 0.5) is 0 Å². The van der Waals surface area contributed by atoms with Crippen LogP contribution in [0.1, 0.15) is 48.5 Å². The molecule has 3 nitrogen and oxygen atoms in total. The maximum absolute atomic E-state index is 13.3. The van der Waals surface area contributed by atoms with Gasteiger partial charge in [-0.2, -0.15) is 0 Å². The summed E-state index contributed by atoms with van der Waals surface area (Å²) in [6.07, 6.45) is 2.54. The van der Waals surface area contributed by atoms with Gasteiger partial charge in [0.05, 0.1) is 32.2 Å². The summed E-state index contributed by atoms with van der Waals surface area (Å²) in [7, 11) is 0. The molecular weight excluding hydrogens is 358 g/mol. The van der Waals surface area contributed by atoms with Gasteiger partial charge in [-0.15, -0.1) is 0 Å². The number of ether oxygens (including phenoxy) is 1. The first-order valence-electron chi connectivity index (χ1n) is 9.79. The Morgan fingerprint density at radius 1 is 1.00 bits per heavy atom. The fourth-order valence-corrected chi connectivity index (χ4v) is 3.59. The Kier molecular flexibility index (Phi) is 8.33. The number of quaternary nitrogens is 1. The van der Waals surface area contributed by atoms with Gasteiger partial charge in [-0.1, -0.05) is 44.2 Å². The molecule has 1 heterocycles. The highest BCUT2D eigenvalue weighted by Gasteiger charge is 2.28. The van der Waals surface area contributed by atoms with Crippen molar-refractivity contribution < 1.29 is 26.8 Å². The minimum Gasteiger partial charge on any atom is -1.00 e. The molecule has 0 saturated carbocycles. The van der Waals surface area contributed by atoms with Crippen molar-refractivity contribution in [2.75, 3.05) is 26.2 Å². The van der Waals surface area contributed by atoms with Gasteiger partial charge in [0, 0.05) is 18.4 Å². The average Bonchev–Trinajstić information content (AvgIpc) is 3.18. The molecule has 146 valence electrons. The third-order valence-corrected chi connectivity index (χ3v) is 5.04. The maximum atomic E-state index is 13.3. The monoisotopic (exact) mass is 387 g/mol. The summed E-state index contributed by atoms with van der Waals surface area (Å²) in [6.45, 7) is 8.19. The van der Waals surface area contributed by atoms with Gasteiger partial charge in [0.25, 0.3) is 0 Å². The Labute approximate surface area is 169 Å². The Bertz CT molecular complexity index is 694. The number of hydrogen-bond acceptors (Lipinski definition) is 2. The molecule has 27 heavy (non-hydrogen) atoms. The van der Waals surface area contributed by atoms with Gasteiger partial charge in [-0.25, -0.2) is 0 Å².